The van der Waals surface area contributed by atoms with Crippen molar-refractivity contribution in [3.05, 3.63) is 64.6 Å². The Morgan fingerprint density at radius 1 is 1.19 bits per heavy atom. The van der Waals surface area contributed by atoms with Crippen molar-refractivity contribution in [1.82, 2.24) is 9.97 Å². The quantitative estimate of drug-likeness (QED) is 0.203. The molecular formula is C23H29N6O2+. The number of anilines is 1. The second-order valence-corrected chi connectivity index (χ2v) is 7.62. The lowest BCUT2D eigenvalue weighted by atomic mass is 10.0. The van der Waals surface area contributed by atoms with Crippen LogP contribution >= 0.6 is 0 Å². The Kier molecular flexibility index (Phi) is 7.04. The molecule has 0 saturated carbocycles. The molecule has 2 aromatic carbocycles. The van der Waals surface area contributed by atoms with Gasteiger partial charge in [-0.25, -0.2) is 4.79 Å². The highest BCUT2D eigenvalue weighted by molar-refractivity contribution is 5.99. The molecule has 0 fully saturated rings. The third-order valence-electron chi connectivity index (χ3n) is 4.59. The van der Waals surface area contributed by atoms with E-state index < -0.39 is 5.69 Å². The first-order valence-corrected chi connectivity index (χ1v) is 10.2. The fraction of sp³-hybridized carbons (Fsp3) is 0.261. The van der Waals surface area contributed by atoms with Gasteiger partial charge in [0.25, 0.3) is 5.84 Å². The van der Waals surface area contributed by atoms with E-state index >= 15 is 0 Å². The van der Waals surface area contributed by atoms with Crippen molar-refractivity contribution >= 4 is 11.5 Å². The fourth-order valence-corrected chi connectivity index (χ4v) is 3.07. The Bertz CT molecular complexity index is 1140. The molecule has 1 aromatic heterocycles. The number of amidine groups is 1. The van der Waals surface area contributed by atoms with Crippen molar-refractivity contribution in [2.45, 2.75) is 13.8 Å². The van der Waals surface area contributed by atoms with E-state index in [1.54, 1.807) is 12.1 Å². The number of rotatable bonds is 8. The van der Waals surface area contributed by atoms with Gasteiger partial charge in [0.15, 0.2) is 0 Å². The van der Waals surface area contributed by atoms with E-state index in [1.807, 2.05) is 36.4 Å². The van der Waals surface area contributed by atoms with Crippen molar-refractivity contribution in [1.29, 1.82) is 0 Å². The summed E-state index contributed by atoms with van der Waals surface area (Å²) in [7, 11) is 0. The maximum absolute atomic E-state index is 12.4. The van der Waals surface area contributed by atoms with Crippen LogP contribution in [0, 0.1) is 5.92 Å². The summed E-state index contributed by atoms with van der Waals surface area (Å²) in [6, 6.07) is 14.8. The molecule has 0 unspecified atom stereocenters. The van der Waals surface area contributed by atoms with Gasteiger partial charge in [-0.15, -0.1) is 0 Å². The molecule has 162 valence electrons. The Balaban J connectivity index is 2.05. The maximum atomic E-state index is 12.4. The standard InChI is InChI=1S/C23H28N6O2/c1-14(2)13-31-21-6-4-3-5-16(21)20-12-19(28-23(30)29-20)15-7-8-18(25)17(11-15)22(26)27-10-9-24/h3-8,11-12,14H,9-10,13,24-25H2,1-2H3,(H2,26,27)(H,28,29,30)/p+1. The van der Waals surface area contributed by atoms with Crippen LogP contribution in [-0.2, 0) is 0 Å². The Morgan fingerprint density at radius 2 is 1.97 bits per heavy atom. The molecule has 8 N–H and O–H groups in total. The van der Waals surface area contributed by atoms with Crippen LogP contribution in [0.5, 0.6) is 5.75 Å². The molecule has 3 aromatic rings. The summed E-state index contributed by atoms with van der Waals surface area (Å²) in [5.74, 6) is 1.50. The third kappa shape index (κ3) is 5.49. The number of ether oxygens (including phenoxy) is 1. The van der Waals surface area contributed by atoms with Crippen molar-refractivity contribution in [2.75, 3.05) is 25.4 Å². The van der Waals surface area contributed by atoms with E-state index in [0.717, 1.165) is 11.1 Å². The van der Waals surface area contributed by atoms with Crippen LogP contribution in [-0.4, -0.2) is 35.5 Å². The van der Waals surface area contributed by atoms with E-state index in [-0.39, 0.29) is 0 Å². The minimum Gasteiger partial charge on any atom is -0.493 e. The Hall–Kier alpha value is -3.65. The minimum absolute atomic E-state index is 0.378. The predicted molar refractivity (Wildman–Crippen MR) is 124 cm³/mol. The van der Waals surface area contributed by atoms with Gasteiger partial charge < -0.3 is 21.2 Å². The average molecular weight is 422 g/mol. The van der Waals surface area contributed by atoms with Gasteiger partial charge in [0.05, 0.1) is 30.1 Å². The summed E-state index contributed by atoms with van der Waals surface area (Å²) < 4.78 is 5.94. The number of nitrogens with two attached hydrogens (primary N) is 3. The van der Waals surface area contributed by atoms with E-state index in [9.17, 15) is 4.79 Å². The highest BCUT2D eigenvalue weighted by Crippen LogP contribution is 2.30. The summed E-state index contributed by atoms with van der Waals surface area (Å²) in [6.07, 6.45) is 0. The zero-order valence-electron chi connectivity index (χ0n) is 17.8. The average Bonchev–Trinajstić information content (AvgIpc) is 2.76. The SMILES string of the molecule is CC(C)COc1ccccc1-c1cc(-c2ccc(N)c(C(N)=[NH+]CCN)c2)nc(=O)[nH]1. The summed E-state index contributed by atoms with van der Waals surface area (Å²) in [5, 5.41) is 0. The molecular weight excluding hydrogens is 392 g/mol. The number of hydrogen-bond acceptors (Lipinski definition) is 5. The van der Waals surface area contributed by atoms with Crippen LogP contribution in [0.4, 0.5) is 5.69 Å². The first-order valence-electron chi connectivity index (χ1n) is 10.2. The molecule has 31 heavy (non-hydrogen) atoms. The molecule has 3 rings (SSSR count). The highest BCUT2D eigenvalue weighted by Gasteiger charge is 2.14. The molecule has 0 saturated heterocycles. The summed E-state index contributed by atoms with van der Waals surface area (Å²) >= 11 is 0. The minimum atomic E-state index is -0.456. The largest absolute Gasteiger partial charge is 0.493 e. The molecule has 0 atom stereocenters. The summed E-state index contributed by atoms with van der Waals surface area (Å²) in [4.78, 5) is 22.4. The van der Waals surface area contributed by atoms with Crippen LogP contribution in [0.3, 0.4) is 0 Å². The van der Waals surface area contributed by atoms with Crippen molar-refractivity contribution in [2.24, 2.45) is 17.4 Å². The molecule has 8 heteroatoms. The number of H-pyrrole nitrogens is 1. The molecule has 0 aliphatic heterocycles. The lowest BCUT2D eigenvalue weighted by Gasteiger charge is -2.13. The Labute approximate surface area is 181 Å². The fourth-order valence-electron chi connectivity index (χ4n) is 3.07. The molecule has 8 nitrogen and oxygen atoms in total. The molecule has 0 radical (unpaired) electrons. The van der Waals surface area contributed by atoms with Gasteiger partial charge in [0, 0.05) is 23.4 Å². The number of aromatic amines is 1. The molecule has 1 heterocycles. The first kappa shape index (κ1) is 22.0. The predicted octanol–water partition coefficient (Wildman–Crippen LogP) is 0.466. The van der Waals surface area contributed by atoms with Crippen LogP contribution in [0.25, 0.3) is 22.5 Å². The normalized spacial score (nSPS) is 11.7. The van der Waals surface area contributed by atoms with Crippen molar-refractivity contribution in [3.63, 3.8) is 0 Å². The monoisotopic (exact) mass is 421 g/mol. The third-order valence-corrected chi connectivity index (χ3v) is 4.59. The molecule has 0 spiro atoms. The molecule has 0 bridgehead atoms. The van der Waals surface area contributed by atoms with Gasteiger partial charge in [0.2, 0.25) is 0 Å². The van der Waals surface area contributed by atoms with Gasteiger partial charge in [-0.1, -0.05) is 32.0 Å². The topological polar surface area (TPSA) is 147 Å². The number of aromatic nitrogens is 2. The van der Waals surface area contributed by atoms with Gasteiger partial charge >= 0.3 is 5.69 Å². The van der Waals surface area contributed by atoms with Crippen LogP contribution < -0.4 is 32.6 Å². The number of nitrogen functional groups attached to an aromatic ring is 2. The summed E-state index contributed by atoms with van der Waals surface area (Å²) in [5.41, 5.74) is 21.1. The lowest BCUT2D eigenvalue weighted by Crippen LogP contribution is -2.77. The molecule has 0 aliphatic rings. The van der Waals surface area contributed by atoms with E-state index in [0.29, 0.717) is 59.8 Å². The number of nitrogens with zero attached hydrogens (tertiary/aromatic N) is 1. The first-order chi connectivity index (χ1) is 14.9. The van der Waals surface area contributed by atoms with E-state index in [2.05, 4.69) is 28.8 Å². The lowest BCUT2D eigenvalue weighted by molar-refractivity contribution is -0.454. The smallest absolute Gasteiger partial charge is 0.345 e. The highest BCUT2D eigenvalue weighted by atomic mass is 16.5. The van der Waals surface area contributed by atoms with Crippen LogP contribution in [0.2, 0.25) is 0 Å². The maximum Gasteiger partial charge on any atom is 0.345 e. The zero-order chi connectivity index (χ0) is 22.4. The van der Waals surface area contributed by atoms with Crippen LogP contribution in [0.1, 0.15) is 19.4 Å². The zero-order valence-corrected chi connectivity index (χ0v) is 17.8. The molecule has 0 amide bonds. The Morgan fingerprint density at radius 3 is 2.71 bits per heavy atom. The van der Waals surface area contributed by atoms with Crippen molar-refractivity contribution < 1.29 is 9.73 Å². The number of hydrogen-bond donors (Lipinski definition) is 5. The van der Waals surface area contributed by atoms with E-state index in [1.165, 1.54) is 0 Å². The second-order valence-electron chi connectivity index (χ2n) is 7.62. The number of benzene rings is 2. The number of para-hydroxylation sites is 1. The molecule has 0 aliphatic carbocycles. The summed E-state index contributed by atoms with van der Waals surface area (Å²) in [6.45, 7) is 5.71. The second kappa shape index (κ2) is 9.90. The van der Waals surface area contributed by atoms with E-state index in [4.69, 9.17) is 21.9 Å². The van der Waals surface area contributed by atoms with Gasteiger partial charge in [-0.2, -0.15) is 4.98 Å². The number of nitrogens with one attached hydrogen (secondary N) is 2. The van der Waals surface area contributed by atoms with Crippen LogP contribution in [0.15, 0.2) is 53.3 Å². The van der Waals surface area contributed by atoms with Gasteiger partial charge in [-0.05, 0) is 36.2 Å². The van der Waals surface area contributed by atoms with Gasteiger partial charge in [0.1, 0.15) is 5.75 Å². The van der Waals surface area contributed by atoms with Gasteiger partial charge in [-0.3, -0.25) is 10.7 Å². The van der Waals surface area contributed by atoms with Crippen molar-refractivity contribution in [3.8, 4) is 28.3 Å².